The Hall–Kier alpha value is -6.70. The molecule has 0 fully saturated rings. The monoisotopic (exact) mass is 1400 g/mol. The lowest BCUT2D eigenvalue weighted by Crippen LogP contribution is -2.15. The van der Waals surface area contributed by atoms with Crippen molar-refractivity contribution in [1.82, 2.24) is 0 Å². The minimum absolute atomic E-state index is 0.180. The van der Waals surface area contributed by atoms with E-state index in [1.165, 1.54) is 0 Å². The smallest absolute Gasteiger partial charge is 0.203 e. The molecule has 24 heteroatoms. The highest BCUT2D eigenvalue weighted by molar-refractivity contribution is 6.13. The molecule has 0 atom stereocenters. The maximum absolute atomic E-state index is 6.50. The van der Waals surface area contributed by atoms with Gasteiger partial charge in [0.1, 0.15) is 39.6 Å². The molecule has 100 heavy (non-hydrogen) atoms. The second-order valence-corrected chi connectivity index (χ2v) is 21.5. The largest absolute Gasteiger partial charge is 0.487 e. The molecule has 0 saturated carbocycles. The van der Waals surface area contributed by atoms with Crippen LogP contribution in [-0.4, -0.2) is 281 Å². The Morgan fingerprint density at radius 1 is 0.210 bits per heavy atom. The second-order valence-electron chi connectivity index (χ2n) is 21.5. The molecular weight excluding hydrogens is 1300 g/mol. The van der Waals surface area contributed by atoms with Crippen molar-refractivity contribution < 1.29 is 114 Å². The third kappa shape index (κ3) is 32.5. The number of fused-ring (bicyclic) bond motifs is 3. The first-order valence-electron chi connectivity index (χ1n) is 33.9. The van der Waals surface area contributed by atoms with Gasteiger partial charge in [-0.2, -0.15) is 0 Å². The molecule has 0 N–H and O–H groups in total. The summed E-state index contributed by atoms with van der Waals surface area (Å²) >= 11 is 0. The molecule has 0 amide bonds. The lowest BCUT2D eigenvalue weighted by atomic mass is 9.90. The summed E-state index contributed by atoms with van der Waals surface area (Å²) in [5.74, 6) is 16.6. The van der Waals surface area contributed by atoms with Gasteiger partial charge in [-0.15, -0.1) is 0 Å². The lowest BCUT2D eigenvalue weighted by molar-refractivity contribution is 0.0146. The van der Waals surface area contributed by atoms with Crippen LogP contribution in [-0.2, 0) is 85.3 Å². The van der Waals surface area contributed by atoms with Crippen LogP contribution >= 0.6 is 0 Å². The molecule has 552 valence electrons. The first-order chi connectivity index (χ1) is 49.5. The third-order valence-corrected chi connectivity index (χ3v) is 14.3. The number of rotatable bonds is 60. The summed E-state index contributed by atoms with van der Waals surface area (Å²) in [4.78, 5) is 0. The number of benzene rings is 6. The fourth-order valence-electron chi connectivity index (χ4n) is 9.45. The Kier molecular flexibility index (Phi) is 44.5. The Morgan fingerprint density at radius 2 is 0.420 bits per heavy atom. The maximum atomic E-state index is 6.50. The molecule has 0 saturated heterocycles. The summed E-state index contributed by atoms with van der Waals surface area (Å²) in [5, 5.41) is 5.62. The van der Waals surface area contributed by atoms with Gasteiger partial charge >= 0.3 is 0 Å². The van der Waals surface area contributed by atoms with Crippen molar-refractivity contribution in [1.29, 1.82) is 0 Å². The van der Waals surface area contributed by atoms with Crippen LogP contribution in [0.2, 0.25) is 0 Å². The Balaban J connectivity index is 1.41. The van der Waals surface area contributed by atoms with E-state index in [4.69, 9.17) is 114 Å². The van der Waals surface area contributed by atoms with Crippen molar-refractivity contribution in [2.75, 3.05) is 281 Å². The van der Waals surface area contributed by atoms with Gasteiger partial charge in [0.05, 0.1) is 198 Å². The van der Waals surface area contributed by atoms with Crippen molar-refractivity contribution in [3.05, 3.63) is 107 Å². The Morgan fingerprint density at radius 3 is 0.660 bits per heavy atom. The fourth-order valence-corrected chi connectivity index (χ4v) is 9.45. The van der Waals surface area contributed by atoms with E-state index < -0.39 is 0 Å². The highest BCUT2D eigenvalue weighted by Crippen LogP contribution is 2.41. The highest BCUT2D eigenvalue weighted by atomic mass is 16.6. The van der Waals surface area contributed by atoms with Crippen LogP contribution < -0.4 is 28.4 Å². The van der Waals surface area contributed by atoms with Crippen LogP contribution in [0.4, 0.5) is 0 Å². The topological polar surface area (TPSA) is 222 Å². The van der Waals surface area contributed by atoms with Gasteiger partial charge in [-0.05, 0) is 68.7 Å². The van der Waals surface area contributed by atoms with Gasteiger partial charge in [-0.1, -0.05) is 72.2 Å². The first-order valence-corrected chi connectivity index (χ1v) is 33.9. The second kappa shape index (κ2) is 54.1. The van der Waals surface area contributed by atoms with E-state index in [9.17, 15) is 0 Å². The van der Waals surface area contributed by atoms with Crippen molar-refractivity contribution in [2.45, 2.75) is 0 Å². The first kappa shape index (κ1) is 82.3. The molecular formula is C76H104O24. The standard InChI is InChI=1S/C76H104O24/c1-77-19-25-83-31-37-89-43-49-95-71-55-61(56-72(96-50-44-90-38-32-84-26-20-78-2)75(71)99-53-47-93-41-35-87-29-23-81-5)15-17-67-65-13-9-10-14-66(65)68(70-60-64-12-8-7-11-63(64)59-69(67)70)18-16-62-57-73(97-51-45-91-39-33-85-27-21-79-3)76(100-54-48-94-42-36-88-30-24-82-6)74(58-62)98-52-46-92-40-34-86-28-22-80-4/h7-14,55-60H,19-54H2,1-6H3. The van der Waals surface area contributed by atoms with Crippen LogP contribution in [0, 0.1) is 23.7 Å². The predicted molar refractivity (Wildman–Crippen MR) is 378 cm³/mol. The summed E-state index contributed by atoms with van der Waals surface area (Å²) in [7, 11) is 9.80. The fraction of sp³-hybridized carbons (Fsp3) is 0.553. The molecule has 6 aromatic carbocycles. The van der Waals surface area contributed by atoms with Crippen LogP contribution in [0.25, 0.3) is 32.3 Å². The van der Waals surface area contributed by atoms with Gasteiger partial charge < -0.3 is 114 Å². The Labute approximate surface area is 589 Å². The van der Waals surface area contributed by atoms with Crippen LogP contribution in [0.3, 0.4) is 0 Å². The van der Waals surface area contributed by atoms with Crippen molar-refractivity contribution >= 4 is 32.3 Å². The molecule has 0 aliphatic heterocycles. The average molecular weight is 1400 g/mol. The molecule has 6 rings (SSSR count). The van der Waals surface area contributed by atoms with E-state index in [1.807, 2.05) is 48.5 Å². The quantitative estimate of drug-likeness (QED) is 0.0199. The molecule has 0 aliphatic carbocycles. The van der Waals surface area contributed by atoms with E-state index in [0.29, 0.717) is 204 Å². The van der Waals surface area contributed by atoms with E-state index in [2.05, 4.69) is 60.1 Å². The van der Waals surface area contributed by atoms with Gasteiger partial charge in [0.2, 0.25) is 11.5 Å². The van der Waals surface area contributed by atoms with Gasteiger partial charge in [-0.3, -0.25) is 0 Å². The molecule has 6 aromatic rings. The summed E-state index contributed by atoms with van der Waals surface area (Å²) in [5.41, 5.74) is 2.78. The summed E-state index contributed by atoms with van der Waals surface area (Å²) in [6, 6.07) is 28.2. The minimum Gasteiger partial charge on any atom is -0.487 e. The molecule has 0 aliphatic rings. The number of ether oxygens (including phenoxy) is 24. The van der Waals surface area contributed by atoms with E-state index >= 15 is 0 Å². The van der Waals surface area contributed by atoms with Crippen molar-refractivity contribution in [3.63, 3.8) is 0 Å². The van der Waals surface area contributed by atoms with E-state index in [0.717, 1.165) is 43.4 Å². The molecule has 24 nitrogen and oxygen atoms in total. The normalized spacial score (nSPS) is 11.3. The van der Waals surface area contributed by atoms with E-state index in [-0.39, 0.29) is 79.3 Å². The zero-order valence-electron chi connectivity index (χ0n) is 59.3. The SMILES string of the molecule is COCCOCCOCCOc1cc(C#Cc2c3ccccc3c(C#Cc3cc(OCCOCCOCCOC)c(OCCOCCOCCOC)c(OCCOCCOCCOC)c3)c3cc4ccccc4cc23)cc(OCCOCCOCCOC)c1OCCOCCOCCOC. The van der Waals surface area contributed by atoms with Crippen LogP contribution in [0.5, 0.6) is 34.5 Å². The Bertz CT molecular complexity index is 2970. The van der Waals surface area contributed by atoms with E-state index in [1.54, 1.807) is 42.7 Å². The summed E-state index contributed by atoms with van der Waals surface area (Å²) in [6.45, 7) is 13.2. The van der Waals surface area contributed by atoms with Gasteiger partial charge in [0.25, 0.3) is 0 Å². The van der Waals surface area contributed by atoms with Gasteiger partial charge in [-0.25, -0.2) is 0 Å². The number of hydrogen-bond acceptors (Lipinski definition) is 24. The van der Waals surface area contributed by atoms with Crippen LogP contribution in [0.15, 0.2) is 84.9 Å². The van der Waals surface area contributed by atoms with Crippen LogP contribution in [0.1, 0.15) is 22.3 Å². The lowest BCUT2D eigenvalue weighted by Gasteiger charge is -2.18. The predicted octanol–water partition coefficient (Wildman–Crippen LogP) is 8.30. The molecule has 0 bridgehead atoms. The molecule has 0 spiro atoms. The highest BCUT2D eigenvalue weighted by Gasteiger charge is 2.20. The maximum Gasteiger partial charge on any atom is 0.203 e. The molecule has 0 unspecified atom stereocenters. The summed E-state index contributed by atoms with van der Waals surface area (Å²) < 4.78 is 139. The molecule has 0 heterocycles. The molecule has 0 aromatic heterocycles. The number of methoxy groups -OCH3 is 6. The minimum atomic E-state index is 0.180. The van der Waals surface area contributed by atoms with Crippen molar-refractivity contribution in [3.8, 4) is 58.2 Å². The summed E-state index contributed by atoms with van der Waals surface area (Å²) in [6.07, 6.45) is 0. The van der Waals surface area contributed by atoms with Gasteiger partial charge in [0.15, 0.2) is 23.0 Å². The molecule has 0 radical (unpaired) electrons. The zero-order chi connectivity index (χ0) is 70.4. The zero-order valence-corrected chi connectivity index (χ0v) is 59.3. The van der Waals surface area contributed by atoms with Crippen molar-refractivity contribution in [2.24, 2.45) is 0 Å². The average Bonchev–Trinajstić information content (AvgIpc) is 0.743. The number of hydrogen-bond donors (Lipinski definition) is 0. The third-order valence-electron chi connectivity index (χ3n) is 14.3. The van der Waals surface area contributed by atoms with Gasteiger partial charge in [0, 0.05) is 64.9 Å².